The van der Waals surface area contributed by atoms with Crippen LogP contribution in [0.4, 0.5) is 0 Å². The number of nitrogens with zero attached hydrogens (tertiary/aromatic N) is 2. The molecule has 2 aromatic rings. The van der Waals surface area contributed by atoms with Gasteiger partial charge in [0, 0.05) is 17.8 Å². The highest BCUT2D eigenvalue weighted by Crippen LogP contribution is 2.19. The fourth-order valence-electron chi connectivity index (χ4n) is 1.67. The van der Waals surface area contributed by atoms with E-state index in [1.807, 2.05) is 6.07 Å². The predicted octanol–water partition coefficient (Wildman–Crippen LogP) is 2.76. The van der Waals surface area contributed by atoms with E-state index in [2.05, 4.69) is 0 Å². The molecule has 2 rings (SSSR count). The summed E-state index contributed by atoms with van der Waals surface area (Å²) >= 11 is 6.05. The largest absolute Gasteiger partial charge is 0.477 e. The maximum absolute atomic E-state index is 11.0. The first-order chi connectivity index (χ1) is 8.61. The number of aromatic carboxylic acids is 1. The number of aromatic nitrogens is 1. The summed E-state index contributed by atoms with van der Waals surface area (Å²) in [5.74, 6) is -0.982. The second-order valence-electron chi connectivity index (χ2n) is 3.74. The van der Waals surface area contributed by atoms with Crippen LogP contribution in [-0.4, -0.2) is 15.6 Å². The number of benzene rings is 1. The van der Waals surface area contributed by atoms with Gasteiger partial charge < -0.3 is 9.67 Å². The van der Waals surface area contributed by atoms with E-state index >= 15 is 0 Å². The van der Waals surface area contributed by atoms with E-state index in [1.54, 1.807) is 35.0 Å². The van der Waals surface area contributed by atoms with Crippen LogP contribution in [0, 0.1) is 11.3 Å². The lowest BCUT2D eigenvalue weighted by Crippen LogP contribution is -2.08. The summed E-state index contributed by atoms with van der Waals surface area (Å²) in [6.07, 6.45) is 1.68. The highest BCUT2D eigenvalue weighted by atomic mass is 35.5. The van der Waals surface area contributed by atoms with E-state index in [0.717, 1.165) is 5.56 Å². The monoisotopic (exact) mass is 260 g/mol. The van der Waals surface area contributed by atoms with Gasteiger partial charge in [-0.05, 0) is 29.8 Å². The number of nitriles is 1. The van der Waals surface area contributed by atoms with Gasteiger partial charge >= 0.3 is 5.97 Å². The molecule has 0 amide bonds. The van der Waals surface area contributed by atoms with Crippen LogP contribution >= 0.6 is 11.6 Å². The Morgan fingerprint density at radius 3 is 2.83 bits per heavy atom. The van der Waals surface area contributed by atoms with Crippen molar-refractivity contribution < 1.29 is 9.90 Å². The van der Waals surface area contributed by atoms with Gasteiger partial charge in [-0.3, -0.25) is 0 Å². The normalized spacial score (nSPS) is 10.0. The number of carboxylic acid groups (broad SMARTS) is 1. The van der Waals surface area contributed by atoms with Gasteiger partial charge in [0.1, 0.15) is 5.69 Å². The molecule has 1 aromatic heterocycles. The van der Waals surface area contributed by atoms with Crippen molar-refractivity contribution in [3.63, 3.8) is 0 Å². The van der Waals surface area contributed by atoms with E-state index in [4.69, 9.17) is 22.0 Å². The van der Waals surface area contributed by atoms with Crippen molar-refractivity contribution in [2.24, 2.45) is 0 Å². The topological polar surface area (TPSA) is 66.0 Å². The van der Waals surface area contributed by atoms with Crippen LogP contribution < -0.4 is 0 Å². The molecule has 0 fully saturated rings. The van der Waals surface area contributed by atoms with E-state index in [9.17, 15) is 4.79 Å². The zero-order valence-corrected chi connectivity index (χ0v) is 10.1. The van der Waals surface area contributed by atoms with Crippen LogP contribution in [0.3, 0.4) is 0 Å². The molecule has 0 aliphatic rings. The van der Waals surface area contributed by atoms with Gasteiger partial charge in [-0.2, -0.15) is 5.26 Å². The molecule has 90 valence electrons. The van der Waals surface area contributed by atoms with Gasteiger partial charge in [0.15, 0.2) is 0 Å². The first-order valence-electron chi connectivity index (χ1n) is 5.19. The Morgan fingerprint density at radius 2 is 2.22 bits per heavy atom. The van der Waals surface area contributed by atoms with Crippen LogP contribution in [-0.2, 0) is 6.54 Å². The van der Waals surface area contributed by atoms with E-state index in [-0.39, 0.29) is 5.69 Å². The lowest BCUT2D eigenvalue weighted by molar-refractivity contribution is 0.0685. The fourth-order valence-corrected chi connectivity index (χ4v) is 1.92. The Balaban J connectivity index is 2.32. The van der Waals surface area contributed by atoms with Gasteiger partial charge in [-0.1, -0.05) is 17.7 Å². The molecule has 1 aromatic carbocycles. The lowest BCUT2D eigenvalue weighted by Gasteiger charge is -2.08. The SMILES string of the molecule is N#Cc1ccc(Cn2cccc2C(=O)O)c(Cl)c1. The molecular weight excluding hydrogens is 252 g/mol. The fraction of sp³-hybridized carbons (Fsp3) is 0.0769. The Morgan fingerprint density at radius 1 is 1.44 bits per heavy atom. The van der Waals surface area contributed by atoms with Gasteiger partial charge in [0.05, 0.1) is 11.6 Å². The zero-order valence-electron chi connectivity index (χ0n) is 9.30. The molecule has 0 aliphatic carbocycles. The predicted molar refractivity (Wildman–Crippen MR) is 66.7 cm³/mol. The molecule has 1 heterocycles. The van der Waals surface area contributed by atoms with Crippen molar-refractivity contribution in [2.75, 3.05) is 0 Å². The summed E-state index contributed by atoms with van der Waals surface area (Å²) in [6, 6.07) is 10.2. The van der Waals surface area contributed by atoms with Crippen molar-refractivity contribution in [2.45, 2.75) is 6.54 Å². The van der Waals surface area contributed by atoms with E-state index in [0.29, 0.717) is 17.1 Å². The molecule has 0 spiro atoms. The van der Waals surface area contributed by atoms with Gasteiger partial charge in [-0.15, -0.1) is 0 Å². The number of rotatable bonds is 3. The van der Waals surface area contributed by atoms with Gasteiger partial charge in [-0.25, -0.2) is 4.79 Å². The van der Waals surface area contributed by atoms with Crippen molar-refractivity contribution in [3.05, 3.63) is 58.4 Å². The molecule has 0 bridgehead atoms. The second kappa shape index (κ2) is 4.94. The summed E-state index contributed by atoms with van der Waals surface area (Å²) in [5.41, 5.74) is 1.46. The second-order valence-corrected chi connectivity index (χ2v) is 4.15. The summed E-state index contributed by atoms with van der Waals surface area (Å²) in [6.45, 7) is 0.360. The first kappa shape index (κ1) is 12.2. The summed E-state index contributed by atoms with van der Waals surface area (Å²) < 4.78 is 1.59. The molecule has 1 N–H and O–H groups in total. The number of hydrogen-bond acceptors (Lipinski definition) is 2. The standard InChI is InChI=1S/C13H9ClN2O2/c14-11-6-9(7-15)3-4-10(11)8-16-5-1-2-12(16)13(17)18/h1-6H,8H2,(H,17,18). The maximum atomic E-state index is 11.0. The Kier molecular flexibility index (Phi) is 3.35. The minimum absolute atomic E-state index is 0.204. The Bertz CT molecular complexity index is 641. The third-order valence-electron chi connectivity index (χ3n) is 2.57. The lowest BCUT2D eigenvalue weighted by atomic mass is 10.1. The third-order valence-corrected chi connectivity index (χ3v) is 2.92. The van der Waals surface area contributed by atoms with Gasteiger partial charge in [0.2, 0.25) is 0 Å². The van der Waals surface area contributed by atoms with E-state index < -0.39 is 5.97 Å². The molecule has 5 heteroatoms. The molecular formula is C13H9ClN2O2. The van der Waals surface area contributed by atoms with Crippen molar-refractivity contribution in [1.29, 1.82) is 5.26 Å². The van der Waals surface area contributed by atoms with Crippen molar-refractivity contribution >= 4 is 17.6 Å². The molecule has 0 unspecified atom stereocenters. The third kappa shape index (κ3) is 2.36. The number of hydrogen-bond donors (Lipinski definition) is 1. The quantitative estimate of drug-likeness (QED) is 0.923. The minimum Gasteiger partial charge on any atom is -0.477 e. The number of halogens is 1. The molecule has 0 saturated carbocycles. The molecule has 4 nitrogen and oxygen atoms in total. The molecule has 0 aliphatic heterocycles. The molecule has 0 atom stereocenters. The average molecular weight is 261 g/mol. The highest BCUT2D eigenvalue weighted by Gasteiger charge is 2.10. The van der Waals surface area contributed by atoms with Crippen molar-refractivity contribution in [3.8, 4) is 6.07 Å². The molecule has 0 radical (unpaired) electrons. The minimum atomic E-state index is -0.982. The first-order valence-corrected chi connectivity index (χ1v) is 5.56. The Hall–Kier alpha value is -2.25. The Labute approximate surface area is 109 Å². The van der Waals surface area contributed by atoms with Crippen LogP contribution in [0.5, 0.6) is 0 Å². The summed E-state index contributed by atoms with van der Waals surface area (Å²) in [5, 5.41) is 18.2. The highest BCUT2D eigenvalue weighted by molar-refractivity contribution is 6.31. The van der Waals surface area contributed by atoms with Crippen LogP contribution in [0.25, 0.3) is 0 Å². The molecule has 18 heavy (non-hydrogen) atoms. The average Bonchev–Trinajstić information content (AvgIpc) is 2.80. The maximum Gasteiger partial charge on any atom is 0.352 e. The zero-order chi connectivity index (χ0) is 13.1. The summed E-state index contributed by atoms with van der Waals surface area (Å²) in [4.78, 5) is 11.0. The van der Waals surface area contributed by atoms with Gasteiger partial charge in [0.25, 0.3) is 0 Å². The number of carbonyl (C=O) groups is 1. The van der Waals surface area contributed by atoms with Crippen LogP contribution in [0.15, 0.2) is 36.5 Å². The molecule has 0 saturated heterocycles. The number of carboxylic acids is 1. The van der Waals surface area contributed by atoms with Crippen LogP contribution in [0.1, 0.15) is 21.6 Å². The van der Waals surface area contributed by atoms with Crippen LogP contribution in [0.2, 0.25) is 5.02 Å². The smallest absolute Gasteiger partial charge is 0.352 e. The summed E-state index contributed by atoms with van der Waals surface area (Å²) in [7, 11) is 0. The van der Waals surface area contributed by atoms with Crippen molar-refractivity contribution in [1.82, 2.24) is 4.57 Å². The van der Waals surface area contributed by atoms with E-state index in [1.165, 1.54) is 6.07 Å².